The fraction of sp³-hybridized carbons (Fsp3) is 0.458. The maximum atomic E-state index is 13.5. The molecule has 2 saturated heterocycles. The zero-order valence-corrected chi connectivity index (χ0v) is 18.5. The molecule has 9 heteroatoms. The number of nitrogens with zero attached hydrogens (tertiary/aromatic N) is 4. The Morgan fingerprint density at radius 3 is 2.76 bits per heavy atom. The summed E-state index contributed by atoms with van der Waals surface area (Å²) in [5.41, 5.74) is 0.293. The van der Waals surface area contributed by atoms with Crippen LogP contribution in [0.1, 0.15) is 33.5 Å². The van der Waals surface area contributed by atoms with Crippen molar-refractivity contribution in [3.63, 3.8) is 0 Å². The number of fused-ring (bicyclic) bond motifs is 1. The number of amides is 1. The van der Waals surface area contributed by atoms with Crippen molar-refractivity contribution in [1.82, 2.24) is 9.88 Å². The van der Waals surface area contributed by atoms with Gasteiger partial charge in [0.2, 0.25) is 0 Å². The molecule has 2 aliphatic heterocycles. The van der Waals surface area contributed by atoms with Gasteiger partial charge < -0.3 is 14.5 Å². The van der Waals surface area contributed by atoms with Gasteiger partial charge in [-0.1, -0.05) is 0 Å². The van der Waals surface area contributed by atoms with Crippen LogP contribution in [-0.4, -0.2) is 55.7 Å². The van der Waals surface area contributed by atoms with E-state index < -0.39 is 11.7 Å². The Hall–Kier alpha value is -3.12. The third-order valence-corrected chi connectivity index (χ3v) is 6.77. The summed E-state index contributed by atoms with van der Waals surface area (Å²) in [7, 11) is 1.63. The highest BCUT2D eigenvalue weighted by Crippen LogP contribution is 2.45. The molecule has 2 fully saturated rings. The molecule has 2 aliphatic rings. The van der Waals surface area contributed by atoms with Crippen molar-refractivity contribution in [2.45, 2.75) is 19.5 Å². The summed E-state index contributed by atoms with van der Waals surface area (Å²) >= 11 is 0. The quantitative estimate of drug-likeness (QED) is 0.695. The van der Waals surface area contributed by atoms with Gasteiger partial charge in [0.05, 0.1) is 29.4 Å². The van der Waals surface area contributed by atoms with E-state index in [-0.39, 0.29) is 22.8 Å². The molecule has 0 spiro atoms. The number of piperidine rings is 1. The van der Waals surface area contributed by atoms with Gasteiger partial charge in [-0.25, -0.2) is 0 Å². The molecule has 1 aromatic heterocycles. The Labute approximate surface area is 190 Å². The minimum absolute atomic E-state index is 0.0397. The number of halogens is 3. The highest BCUT2D eigenvalue weighted by atomic mass is 19.4. The van der Waals surface area contributed by atoms with Crippen LogP contribution in [0.15, 0.2) is 36.7 Å². The molecule has 0 saturated carbocycles. The molecule has 2 aromatic rings. The fourth-order valence-corrected chi connectivity index (χ4v) is 5.11. The summed E-state index contributed by atoms with van der Waals surface area (Å²) in [6.07, 6.45) is -0.669. The van der Waals surface area contributed by atoms with Crippen molar-refractivity contribution in [2.75, 3.05) is 44.8 Å². The van der Waals surface area contributed by atoms with E-state index in [0.29, 0.717) is 50.5 Å². The molecular weight excluding hydrogens is 433 g/mol. The normalized spacial score (nSPS) is 22.7. The topological polar surface area (TPSA) is 69.5 Å². The Morgan fingerprint density at radius 1 is 1.30 bits per heavy atom. The van der Waals surface area contributed by atoms with Crippen LogP contribution in [0.2, 0.25) is 0 Å². The van der Waals surface area contributed by atoms with Crippen LogP contribution < -0.4 is 4.90 Å². The van der Waals surface area contributed by atoms with E-state index in [4.69, 9.17) is 10.00 Å². The largest absolute Gasteiger partial charge is 0.417 e. The number of alkyl halides is 3. The number of ether oxygens (including phenoxy) is 1. The fourth-order valence-electron chi connectivity index (χ4n) is 5.11. The Kier molecular flexibility index (Phi) is 6.06. The molecule has 1 amide bonds. The third kappa shape index (κ3) is 4.40. The smallest absolute Gasteiger partial charge is 0.384 e. The predicted octanol–water partition coefficient (Wildman–Crippen LogP) is 3.90. The molecule has 4 rings (SSSR count). The lowest BCUT2D eigenvalue weighted by Gasteiger charge is -2.44. The number of hydrogen-bond donors (Lipinski definition) is 0. The number of aromatic nitrogens is 1. The third-order valence-electron chi connectivity index (χ3n) is 6.77. The molecular formula is C24H25F3N4O2. The minimum Gasteiger partial charge on any atom is -0.384 e. The number of carbonyl (C=O) groups excluding carboxylic acids is 1. The van der Waals surface area contributed by atoms with Crippen LogP contribution in [-0.2, 0) is 10.9 Å². The number of carbonyl (C=O) groups is 1. The van der Waals surface area contributed by atoms with Gasteiger partial charge in [-0.3, -0.25) is 9.78 Å². The van der Waals surface area contributed by atoms with Gasteiger partial charge in [-0.15, -0.1) is 0 Å². The molecule has 1 aromatic carbocycles. The second kappa shape index (κ2) is 8.67. The monoisotopic (exact) mass is 458 g/mol. The van der Waals surface area contributed by atoms with Crippen LogP contribution in [0.4, 0.5) is 18.9 Å². The van der Waals surface area contributed by atoms with Gasteiger partial charge >= 0.3 is 6.18 Å². The van der Waals surface area contributed by atoms with Gasteiger partial charge in [-0.05, 0) is 43.2 Å². The first-order valence-corrected chi connectivity index (χ1v) is 10.7. The first-order valence-electron chi connectivity index (χ1n) is 10.7. The first-order chi connectivity index (χ1) is 15.7. The summed E-state index contributed by atoms with van der Waals surface area (Å²) in [5, 5.41) is 9.07. The van der Waals surface area contributed by atoms with E-state index >= 15 is 0 Å². The molecule has 0 aliphatic carbocycles. The summed E-state index contributed by atoms with van der Waals surface area (Å²) in [4.78, 5) is 21.0. The van der Waals surface area contributed by atoms with Crippen molar-refractivity contribution in [3.8, 4) is 6.07 Å². The number of rotatable bonds is 4. The van der Waals surface area contributed by atoms with E-state index in [9.17, 15) is 18.0 Å². The van der Waals surface area contributed by atoms with Crippen LogP contribution in [0.25, 0.3) is 0 Å². The summed E-state index contributed by atoms with van der Waals surface area (Å²) in [6.45, 7) is 4.43. The van der Waals surface area contributed by atoms with Crippen molar-refractivity contribution >= 4 is 11.6 Å². The van der Waals surface area contributed by atoms with E-state index in [1.54, 1.807) is 31.6 Å². The van der Waals surface area contributed by atoms with Crippen LogP contribution in [0, 0.1) is 29.6 Å². The number of pyridine rings is 1. The summed E-state index contributed by atoms with van der Waals surface area (Å²) in [5.74, 6) is -0.0572. The highest BCUT2D eigenvalue weighted by Gasteiger charge is 2.51. The van der Waals surface area contributed by atoms with Gasteiger partial charge in [0.1, 0.15) is 0 Å². The molecule has 0 radical (unpaired) electrons. The molecule has 174 valence electrons. The van der Waals surface area contributed by atoms with Crippen molar-refractivity contribution < 1.29 is 22.7 Å². The van der Waals surface area contributed by atoms with Crippen LogP contribution in [0.3, 0.4) is 0 Å². The van der Waals surface area contributed by atoms with E-state index in [1.807, 2.05) is 22.8 Å². The predicted molar refractivity (Wildman–Crippen MR) is 116 cm³/mol. The highest BCUT2D eigenvalue weighted by molar-refractivity contribution is 5.94. The van der Waals surface area contributed by atoms with Crippen molar-refractivity contribution in [2.24, 2.45) is 11.3 Å². The summed E-state index contributed by atoms with van der Waals surface area (Å²) < 4.78 is 45.9. The summed E-state index contributed by atoms with van der Waals surface area (Å²) in [6, 6.07) is 7.28. The number of aryl methyl sites for hydroxylation is 1. The molecule has 3 heterocycles. The van der Waals surface area contributed by atoms with E-state index in [2.05, 4.69) is 4.98 Å². The molecule has 0 N–H and O–H groups in total. The number of nitriles is 1. The Morgan fingerprint density at radius 2 is 2.09 bits per heavy atom. The number of likely N-dealkylation sites (tertiary alicyclic amines) is 1. The lowest BCUT2D eigenvalue weighted by Crippen LogP contribution is -2.49. The maximum Gasteiger partial charge on any atom is 0.417 e. The first kappa shape index (κ1) is 23.1. The zero-order chi connectivity index (χ0) is 23.8. The van der Waals surface area contributed by atoms with Gasteiger partial charge in [-0.2, -0.15) is 18.4 Å². The van der Waals surface area contributed by atoms with E-state index in [0.717, 1.165) is 11.6 Å². The Balaban J connectivity index is 1.58. The van der Waals surface area contributed by atoms with Crippen LogP contribution >= 0.6 is 0 Å². The minimum atomic E-state index is -4.60. The molecule has 2 atom stereocenters. The number of benzene rings is 1. The number of hydrogen-bond acceptors (Lipinski definition) is 5. The van der Waals surface area contributed by atoms with Gasteiger partial charge in [0.15, 0.2) is 0 Å². The molecule has 33 heavy (non-hydrogen) atoms. The average Bonchev–Trinajstić information content (AvgIpc) is 3.16. The standard InChI is InChI=1S/C24H25F3N4O2/c1-16-7-18(11-29-10-16)22(32)31-13-19-12-30(6-5-23(19,14-31)15-33-2)20-4-3-17(9-28)21(8-20)24(25,26)27/h3-4,7-8,10-11,19H,5-6,12-15H2,1-2H3/t19-,23+/m1/s1. The number of methoxy groups -OCH3 is 1. The lowest BCUT2D eigenvalue weighted by molar-refractivity contribution is -0.137. The average molecular weight is 458 g/mol. The molecule has 6 nitrogen and oxygen atoms in total. The van der Waals surface area contributed by atoms with Gasteiger partial charge in [0.25, 0.3) is 5.91 Å². The van der Waals surface area contributed by atoms with Crippen LogP contribution in [0.5, 0.6) is 0 Å². The lowest BCUT2D eigenvalue weighted by atomic mass is 9.73. The van der Waals surface area contributed by atoms with Crippen molar-refractivity contribution in [1.29, 1.82) is 5.26 Å². The Bertz CT molecular complexity index is 1100. The van der Waals surface area contributed by atoms with E-state index in [1.165, 1.54) is 6.07 Å². The molecule has 0 unspecified atom stereocenters. The van der Waals surface area contributed by atoms with Gasteiger partial charge in [0, 0.05) is 62.7 Å². The SMILES string of the molecule is COC[C@@]12CCN(c3ccc(C#N)c(C(F)(F)F)c3)C[C@@H]1CN(C(=O)c1cncc(C)c1)C2. The maximum absolute atomic E-state index is 13.5. The second-order valence-electron chi connectivity index (χ2n) is 8.96. The van der Waals surface area contributed by atoms with Crippen molar-refractivity contribution in [3.05, 3.63) is 58.9 Å². The zero-order valence-electron chi connectivity index (χ0n) is 18.5. The number of anilines is 1. The molecule has 0 bridgehead atoms. The second-order valence-corrected chi connectivity index (χ2v) is 8.96.